The van der Waals surface area contributed by atoms with Crippen LogP contribution in [-0.2, 0) is 14.3 Å². The number of hydrogen-bond donors (Lipinski definition) is 1. The summed E-state index contributed by atoms with van der Waals surface area (Å²) in [5, 5.41) is 2.65. The van der Waals surface area contributed by atoms with Crippen molar-refractivity contribution in [2.24, 2.45) is 0 Å². The molecule has 2 aromatic carbocycles. The summed E-state index contributed by atoms with van der Waals surface area (Å²) >= 11 is 0. The number of nitrogens with one attached hydrogen (secondary N) is 1. The number of benzene rings is 2. The molecule has 5 nitrogen and oxygen atoms in total. The first-order valence-corrected chi connectivity index (χ1v) is 7.09. The van der Waals surface area contributed by atoms with E-state index in [-0.39, 0.29) is 6.61 Å². The van der Waals surface area contributed by atoms with E-state index in [2.05, 4.69) is 5.32 Å². The lowest BCUT2D eigenvalue weighted by atomic mass is 10.3. The van der Waals surface area contributed by atoms with Crippen molar-refractivity contribution in [2.75, 3.05) is 11.9 Å². The second kappa shape index (κ2) is 8.38. The summed E-state index contributed by atoms with van der Waals surface area (Å²) in [6, 6.07) is 16.3. The molecule has 0 aromatic heterocycles. The third-order valence-corrected chi connectivity index (χ3v) is 2.74. The summed E-state index contributed by atoms with van der Waals surface area (Å²) in [4.78, 5) is 22.9. The molecule has 0 bridgehead atoms. The van der Waals surface area contributed by atoms with Crippen molar-refractivity contribution in [3.8, 4) is 11.5 Å². The summed E-state index contributed by atoms with van der Waals surface area (Å²) in [5.74, 6) is 0.333. The third-order valence-electron chi connectivity index (χ3n) is 2.74. The van der Waals surface area contributed by atoms with E-state index in [1.165, 1.54) is 6.08 Å². The van der Waals surface area contributed by atoms with Crippen LogP contribution in [0, 0.1) is 0 Å². The first-order chi connectivity index (χ1) is 11.2. The minimum atomic E-state index is -0.552. The summed E-state index contributed by atoms with van der Waals surface area (Å²) < 4.78 is 10.5. The topological polar surface area (TPSA) is 64.6 Å². The average molecular weight is 311 g/mol. The number of anilines is 1. The van der Waals surface area contributed by atoms with Gasteiger partial charge in [0.15, 0.2) is 6.61 Å². The van der Waals surface area contributed by atoms with Gasteiger partial charge in [-0.25, -0.2) is 4.79 Å². The lowest BCUT2D eigenvalue weighted by molar-refractivity contribution is -0.142. The van der Waals surface area contributed by atoms with Crippen LogP contribution in [0.1, 0.15) is 6.92 Å². The minimum absolute atomic E-state index is 0.340. The van der Waals surface area contributed by atoms with Crippen LogP contribution in [0.3, 0.4) is 0 Å². The van der Waals surface area contributed by atoms with Crippen molar-refractivity contribution in [2.45, 2.75) is 6.92 Å². The highest BCUT2D eigenvalue weighted by Crippen LogP contribution is 2.23. The zero-order chi connectivity index (χ0) is 16.5. The molecule has 0 aliphatic carbocycles. The Morgan fingerprint density at radius 2 is 1.78 bits per heavy atom. The Morgan fingerprint density at radius 3 is 2.52 bits per heavy atom. The number of rotatable bonds is 6. The second-order valence-electron chi connectivity index (χ2n) is 4.60. The molecule has 5 heteroatoms. The van der Waals surface area contributed by atoms with Crippen molar-refractivity contribution >= 4 is 17.6 Å². The summed E-state index contributed by atoms with van der Waals surface area (Å²) in [5.41, 5.74) is 0.561. The minimum Gasteiger partial charge on any atom is -0.457 e. The molecule has 118 valence electrons. The zero-order valence-electron chi connectivity index (χ0n) is 12.7. The summed E-state index contributed by atoms with van der Waals surface area (Å²) in [7, 11) is 0. The molecular weight excluding hydrogens is 294 g/mol. The Balaban J connectivity index is 1.92. The maximum Gasteiger partial charge on any atom is 0.330 e. The highest BCUT2D eigenvalue weighted by molar-refractivity contribution is 5.93. The van der Waals surface area contributed by atoms with Crippen LogP contribution >= 0.6 is 0 Å². The molecule has 2 aromatic rings. The van der Waals surface area contributed by atoms with Gasteiger partial charge in [0.05, 0.1) is 0 Å². The summed E-state index contributed by atoms with van der Waals surface area (Å²) in [6.07, 6.45) is 2.80. The Hall–Kier alpha value is -3.08. The van der Waals surface area contributed by atoms with Crippen molar-refractivity contribution in [3.63, 3.8) is 0 Å². The molecule has 1 N–H and O–H groups in total. The van der Waals surface area contributed by atoms with Crippen LogP contribution in [0.2, 0.25) is 0 Å². The standard InChI is InChI=1S/C18H17NO4/c1-2-7-18(21)22-13-17(20)19-14-8-6-11-16(12-14)23-15-9-4-3-5-10-15/h2-12H,13H2,1H3,(H,19,20)/b7-2+. The first kappa shape index (κ1) is 16.3. The van der Waals surface area contributed by atoms with Gasteiger partial charge in [0.25, 0.3) is 5.91 Å². The molecule has 0 aliphatic heterocycles. The lowest BCUT2D eigenvalue weighted by Gasteiger charge is -2.09. The third kappa shape index (κ3) is 5.67. The van der Waals surface area contributed by atoms with E-state index in [0.29, 0.717) is 17.2 Å². The fraction of sp³-hybridized carbons (Fsp3) is 0.111. The molecule has 0 atom stereocenters. The van der Waals surface area contributed by atoms with Gasteiger partial charge in [0.1, 0.15) is 11.5 Å². The highest BCUT2D eigenvalue weighted by atomic mass is 16.5. The number of carbonyl (C=O) groups excluding carboxylic acids is 2. The molecule has 1 amide bonds. The van der Waals surface area contributed by atoms with E-state index in [1.807, 2.05) is 30.3 Å². The molecule has 0 fully saturated rings. The monoisotopic (exact) mass is 311 g/mol. The Kier molecular flexibility index (Phi) is 5.94. The predicted molar refractivity (Wildman–Crippen MR) is 87.4 cm³/mol. The maximum atomic E-state index is 11.7. The number of hydrogen-bond acceptors (Lipinski definition) is 4. The van der Waals surface area contributed by atoms with E-state index >= 15 is 0 Å². The molecule has 2 rings (SSSR count). The number of allylic oxidation sites excluding steroid dienone is 1. The Morgan fingerprint density at radius 1 is 1.04 bits per heavy atom. The first-order valence-electron chi connectivity index (χ1n) is 7.09. The van der Waals surface area contributed by atoms with Crippen molar-refractivity contribution in [1.29, 1.82) is 0 Å². The largest absolute Gasteiger partial charge is 0.457 e. The number of carbonyl (C=O) groups is 2. The fourth-order valence-electron chi connectivity index (χ4n) is 1.78. The molecule has 0 spiro atoms. The van der Waals surface area contributed by atoms with Gasteiger partial charge in [-0.2, -0.15) is 0 Å². The zero-order valence-corrected chi connectivity index (χ0v) is 12.7. The molecule has 0 unspecified atom stereocenters. The van der Waals surface area contributed by atoms with Crippen LogP contribution in [0.4, 0.5) is 5.69 Å². The predicted octanol–water partition coefficient (Wildman–Crippen LogP) is 3.54. The second-order valence-corrected chi connectivity index (χ2v) is 4.60. The highest BCUT2D eigenvalue weighted by Gasteiger charge is 2.06. The average Bonchev–Trinajstić information content (AvgIpc) is 2.55. The molecule has 0 aliphatic rings. The van der Waals surface area contributed by atoms with Gasteiger partial charge < -0.3 is 14.8 Å². The number of amides is 1. The number of ether oxygens (including phenoxy) is 2. The van der Waals surface area contributed by atoms with E-state index in [4.69, 9.17) is 9.47 Å². The lowest BCUT2D eigenvalue weighted by Crippen LogP contribution is -2.20. The van der Waals surface area contributed by atoms with Gasteiger partial charge in [0.2, 0.25) is 0 Å². The maximum absolute atomic E-state index is 11.7. The normalized spacial score (nSPS) is 10.3. The van der Waals surface area contributed by atoms with Crippen LogP contribution < -0.4 is 10.1 Å². The fourth-order valence-corrected chi connectivity index (χ4v) is 1.78. The molecular formula is C18H17NO4. The van der Waals surface area contributed by atoms with Gasteiger partial charge in [-0.05, 0) is 31.2 Å². The van der Waals surface area contributed by atoms with Crippen molar-refractivity contribution < 1.29 is 19.1 Å². The van der Waals surface area contributed by atoms with Gasteiger partial charge in [-0.15, -0.1) is 0 Å². The summed E-state index contributed by atoms with van der Waals surface area (Å²) in [6.45, 7) is 1.35. The van der Waals surface area contributed by atoms with E-state index in [9.17, 15) is 9.59 Å². The van der Waals surface area contributed by atoms with Gasteiger partial charge >= 0.3 is 5.97 Å². The van der Waals surface area contributed by atoms with E-state index in [1.54, 1.807) is 37.3 Å². The molecule has 23 heavy (non-hydrogen) atoms. The van der Waals surface area contributed by atoms with Crippen molar-refractivity contribution in [1.82, 2.24) is 0 Å². The van der Waals surface area contributed by atoms with Crippen LogP contribution in [0.25, 0.3) is 0 Å². The quantitative estimate of drug-likeness (QED) is 0.654. The van der Waals surface area contributed by atoms with Crippen molar-refractivity contribution in [3.05, 3.63) is 66.7 Å². The Labute approximate surface area is 134 Å². The Bertz CT molecular complexity index is 695. The van der Waals surface area contributed by atoms with E-state index in [0.717, 1.165) is 0 Å². The smallest absolute Gasteiger partial charge is 0.330 e. The molecule has 0 radical (unpaired) electrons. The van der Waals surface area contributed by atoms with Gasteiger partial charge in [-0.3, -0.25) is 4.79 Å². The van der Waals surface area contributed by atoms with E-state index < -0.39 is 11.9 Å². The molecule has 0 saturated carbocycles. The number of para-hydroxylation sites is 1. The van der Waals surface area contributed by atoms with Gasteiger partial charge in [0, 0.05) is 17.8 Å². The molecule has 0 saturated heterocycles. The van der Waals surface area contributed by atoms with Gasteiger partial charge in [-0.1, -0.05) is 30.3 Å². The SMILES string of the molecule is C/C=C/C(=O)OCC(=O)Nc1cccc(Oc2ccccc2)c1. The molecule has 0 heterocycles. The van der Waals surface area contributed by atoms with Crippen LogP contribution in [0.15, 0.2) is 66.7 Å². The number of esters is 1. The van der Waals surface area contributed by atoms with Crippen LogP contribution in [-0.4, -0.2) is 18.5 Å². The van der Waals surface area contributed by atoms with Crippen LogP contribution in [0.5, 0.6) is 11.5 Å².